The quantitative estimate of drug-likeness (QED) is 0.610. The summed E-state index contributed by atoms with van der Waals surface area (Å²) < 4.78 is 10.6. The van der Waals surface area contributed by atoms with Gasteiger partial charge >= 0.3 is 0 Å². The van der Waals surface area contributed by atoms with E-state index >= 15 is 0 Å². The number of hydrogen-bond acceptors (Lipinski definition) is 8. The summed E-state index contributed by atoms with van der Waals surface area (Å²) in [5.74, 6) is 1.06. The Morgan fingerprint density at radius 3 is 2.87 bits per heavy atom. The molecule has 0 unspecified atom stereocenters. The van der Waals surface area contributed by atoms with Crippen molar-refractivity contribution in [3.05, 3.63) is 48.7 Å². The van der Waals surface area contributed by atoms with Crippen LogP contribution in [-0.4, -0.2) is 63.6 Å². The Hall–Kier alpha value is -3.82. The number of anilines is 1. The molecule has 2 amide bonds. The minimum Gasteiger partial charge on any atom is -0.497 e. The lowest BCUT2D eigenvalue weighted by Crippen LogP contribution is -2.51. The molecule has 0 aliphatic carbocycles. The smallest absolute Gasteiger partial charge is 0.233 e. The third-order valence-corrected chi connectivity index (χ3v) is 5.62. The lowest BCUT2D eigenvalue weighted by atomic mass is 9.96. The van der Waals surface area contributed by atoms with Crippen molar-refractivity contribution in [2.75, 3.05) is 31.6 Å². The number of hydrogen-bond donors (Lipinski definition) is 0. The van der Waals surface area contributed by atoms with Gasteiger partial charge in [0.05, 0.1) is 25.1 Å². The lowest BCUT2D eigenvalue weighted by Gasteiger charge is -2.38. The molecule has 10 heteroatoms. The van der Waals surface area contributed by atoms with Gasteiger partial charge in [0, 0.05) is 50.2 Å². The summed E-state index contributed by atoms with van der Waals surface area (Å²) >= 11 is 0. The van der Waals surface area contributed by atoms with Crippen molar-refractivity contribution < 1.29 is 18.8 Å². The van der Waals surface area contributed by atoms with Crippen LogP contribution in [0.1, 0.15) is 18.2 Å². The molecule has 0 saturated carbocycles. The van der Waals surface area contributed by atoms with E-state index < -0.39 is 0 Å². The van der Waals surface area contributed by atoms with Crippen molar-refractivity contribution in [3.63, 3.8) is 0 Å². The third-order valence-electron chi connectivity index (χ3n) is 5.62. The molecule has 2 saturated heterocycles. The van der Waals surface area contributed by atoms with E-state index in [0.717, 1.165) is 5.69 Å². The maximum atomic E-state index is 12.9. The van der Waals surface area contributed by atoms with E-state index in [2.05, 4.69) is 20.1 Å². The summed E-state index contributed by atoms with van der Waals surface area (Å²) in [4.78, 5) is 41.3. The number of likely N-dealkylation sites (tertiary alicyclic amines) is 1. The molecule has 0 N–H and O–H groups in total. The van der Waals surface area contributed by atoms with E-state index in [1.54, 1.807) is 41.6 Å². The monoisotopic (exact) mass is 420 g/mol. The minimum absolute atomic E-state index is 0.0199. The van der Waals surface area contributed by atoms with Gasteiger partial charge in [-0.1, -0.05) is 11.2 Å². The Bertz CT molecular complexity index is 1110. The van der Waals surface area contributed by atoms with Crippen molar-refractivity contribution >= 4 is 17.5 Å². The number of aromatic nitrogens is 4. The van der Waals surface area contributed by atoms with Crippen molar-refractivity contribution in [1.29, 1.82) is 0 Å². The van der Waals surface area contributed by atoms with E-state index in [4.69, 9.17) is 9.26 Å². The summed E-state index contributed by atoms with van der Waals surface area (Å²) in [6.07, 6.45) is 4.90. The molecule has 31 heavy (non-hydrogen) atoms. The van der Waals surface area contributed by atoms with E-state index in [9.17, 15) is 9.59 Å². The van der Waals surface area contributed by atoms with Crippen LogP contribution in [0, 0.1) is 5.92 Å². The number of rotatable bonds is 5. The van der Waals surface area contributed by atoms with Gasteiger partial charge in [-0.3, -0.25) is 14.6 Å². The van der Waals surface area contributed by atoms with Crippen LogP contribution in [0.15, 0.2) is 47.4 Å². The van der Waals surface area contributed by atoms with E-state index in [1.165, 1.54) is 0 Å². The number of benzene rings is 1. The summed E-state index contributed by atoms with van der Waals surface area (Å²) in [6, 6.07) is 7.29. The zero-order chi connectivity index (χ0) is 21.4. The summed E-state index contributed by atoms with van der Waals surface area (Å²) in [5, 5.41) is 3.95. The second-order valence-electron chi connectivity index (χ2n) is 7.59. The molecule has 158 valence electrons. The second-order valence-corrected chi connectivity index (χ2v) is 7.59. The largest absolute Gasteiger partial charge is 0.497 e. The van der Waals surface area contributed by atoms with Crippen LogP contribution in [0.4, 0.5) is 5.69 Å². The molecule has 1 atom stereocenters. The Labute approximate surface area is 177 Å². The summed E-state index contributed by atoms with van der Waals surface area (Å²) in [5.41, 5.74) is 1.27. The van der Waals surface area contributed by atoms with Crippen molar-refractivity contribution in [1.82, 2.24) is 25.0 Å². The van der Waals surface area contributed by atoms with Gasteiger partial charge in [0.25, 0.3) is 0 Å². The van der Waals surface area contributed by atoms with Gasteiger partial charge in [-0.2, -0.15) is 4.98 Å². The summed E-state index contributed by atoms with van der Waals surface area (Å²) in [6.45, 7) is 1.35. The molecule has 2 aliphatic heterocycles. The van der Waals surface area contributed by atoms with Crippen molar-refractivity contribution in [2.24, 2.45) is 5.92 Å². The van der Waals surface area contributed by atoms with Crippen LogP contribution < -0.4 is 9.64 Å². The molecule has 0 radical (unpaired) electrons. The number of amides is 2. The summed E-state index contributed by atoms with van der Waals surface area (Å²) in [7, 11) is 1.58. The number of carbonyl (C=O) groups excluding carboxylic acids is 2. The van der Waals surface area contributed by atoms with Crippen molar-refractivity contribution in [2.45, 2.75) is 12.3 Å². The molecule has 0 spiro atoms. The minimum atomic E-state index is -0.363. The predicted octanol–water partition coefficient (Wildman–Crippen LogP) is 1.51. The maximum absolute atomic E-state index is 12.9. The standard InChI is InChI=1S/C21H20N6O4/c1-30-16-4-2-3-15(8-16)27-12-13(7-18(27)28)21(29)26-10-14(11-26)20-24-19(25-31-20)17-9-22-5-6-23-17/h2-6,8-9,13-14H,7,10-12H2,1H3/t13-/m1/s1. The van der Waals surface area contributed by atoms with E-state index in [0.29, 0.717) is 42.8 Å². The number of methoxy groups -OCH3 is 1. The van der Waals surface area contributed by atoms with Gasteiger partial charge in [0.2, 0.25) is 23.5 Å². The van der Waals surface area contributed by atoms with Gasteiger partial charge in [-0.15, -0.1) is 0 Å². The zero-order valence-electron chi connectivity index (χ0n) is 16.8. The lowest BCUT2D eigenvalue weighted by molar-refractivity contribution is -0.140. The molecule has 1 aromatic carbocycles. The predicted molar refractivity (Wildman–Crippen MR) is 108 cm³/mol. The SMILES string of the molecule is COc1cccc(N2C[C@H](C(=O)N3CC(c4nc(-c5cnccn5)no4)C3)CC2=O)c1. The molecule has 5 rings (SSSR count). The topological polar surface area (TPSA) is 115 Å². The first-order valence-corrected chi connectivity index (χ1v) is 9.95. The average Bonchev–Trinajstić information content (AvgIpc) is 3.40. The van der Waals surface area contributed by atoms with Crippen LogP contribution in [0.25, 0.3) is 11.5 Å². The number of nitrogens with zero attached hydrogens (tertiary/aromatic N) is 6. The molecule has 2 aromatic heterocycles. The van der Waals surface area contributed by atoms with Crippen LogP contribution in [0.5, 0.6) is 5.75 Å². The first kappa shape index (κ1) is 19.2. The highest BCUT2D eigenvalue weighted by Gasteiger charge is 2.42. The highest BCUT2D eigenvalue weighted by Crippen LogP contribution is 2.32. The Kier molecular flexibility index (Phi) is 4.81. The Balaban J connectivity index is 1.20. The molecular formula is C21H20N6O4. The van der Waals surface area contributed by atoms with Gasteiger partial charge < -0.3 is 19.1 Å². The first-order chi connectivity index (χ1) is 15.1. The molecular weight excluding hydrogens is 400 g/mol. The van der Waals surface area contributed by atoms with Crippen LogP contribution in [-0.2, 0) is 9.59 Å². The normalized spacial score (nSPS) is 18.9. The third kappa shape index (κ3) is 3.60. The maximum Gasteiger partial charge on any atom is 0.233 e. The Morgan fingerprint density at radius 1 is 1.23 bits per heavy atom. The molecule has 4 heterocycles. The highest BCUT2D eigenvalue weighted by atomic mass is 16.5. The Morgan fingerprint density at radius 2 is 2.10 bits per heavy atom. The van der Waals surface area contributed by atoms with Crippen LogP contribution in [0.2, 0.25) is 0 Å². The first-order valence-electron chi connectivity index (χ1n) is 9.95. The van der Waals surface area contributed by atoms with Gasteiger partial charge in [0.15, 0.2) is 0 Å². The molecule has 2 fully saturated rings. The molecule has 10 nitrogen and oxygen atoms in total. The molecule has 3 aromatic rings. The number of carbonyl (C=O) groups is 2. The highest BCUT2D eigenvalue weighted by molar-refractivity contribution is 6.00. The van der Waals surface area contributed by atoms with Crippen LogP contribution in [0.3, 0.4) is 0 Å². The van der Waals surface area contributed by atoms with E-state index in [-0.39, 0.29) is 30.1 Å². The molecule has 2 aliphatic rings. The van der Waals surface area contributed by atoms with Crippen molar-refractivity contribution in [3.8, 4) is 17.3 Å². The van der Waals surface area contributed by atoms with E-state index in [1.807, 2.05) is 18.2 Å². The number of ether oxygens (including phenoxy) is 1. The van der Waals surface area contributed by atoms with Gasteiger partial charge in [-0.05, 0) is 12.1 Å². The second kappa shape index (κ2) is 7.78. The fourth-order valence-corrected chi connectivity index (χ4v) is 3.89. The van der Waals surface area contributed by atoms with Crippen LogP contribution >= 0.6 is 0 Å². The molecule has 0 bridgehead atoms. The van der Waals surface area contributed by atoms with Gasteiger partial charge in [-0.25, -0.2) is 4.98 Å². The average molecular weight is 420 g/mol. The zero-order valence-corrected chi connectivity index (χ0v) is 16.8. The van der Waals surface area contributed by atoms with Gasteiger partial charge in [0.1, 0.15) is 11.4 Å². The fourth-order valence-electron chi connectivity index (χ4n) is 3.89. The fraction of sp³-hybridized carbons (Fsp3) is 0.333.